The van der Waals surface area contributed by atoms with Gasteiger partial charge in [-0.2, -0.15) is 0 Å². The zero-order valence-electron chi connectivity index (χ0n) is 11.5. The molecule has 98 valence electrons. The van der Waals surface area contributed by atoms with Crippen LogP contribution in [0.3, 0.4) is 0 Å². The van der Waals surface area contributed by atoms with Gasteiger partial charge >= 0.3 is 0 Å². The van der Waals surface area contributed by atoms with Gasteiger partial charge in [0, 0.05) is 5.69 Å². The summed E-state index contributed by atoms with van der Waals surface area (Å²) < 4.78 is 0. The average Bonchev–Trinajstić information content (AvgIpc) is 2.37. The van der Waals surface area contributed by atoms with Crippen LogP contribution < -0.4 is 5.73 Å². The number of benzene rings is 1. The number of nitrogens with two attached hydrogens (primary N) is 1. The molecule has 3 rings (SSSR count). The summed E-state index contributed by atoms with van der Waals surface area (Å²) in [5.41, 5.74) is 8.91. The lowest BCUT2D eigenvalue weighted by molar-refractivity contribution is 0.00790. The first kappa shape index (κ1) is 12.1. The van der Waals surface area contributed by atoms with E-state index in [1.54, 1.807) is 0 Å². The Morgan fingerprint density at radius 1 is 1.11 bits per heavy atom. The summed E-state index contributed by atoms with van der Waals surface area (Å²) >= 11 is 0. The van der Waals surface area contributed by atoms with E-state index >= 15 is 0 Å². The largest absolute Gasteiger partial charge is 0.399 e. The predicted molar refractivity (Wildman–Crippen MR) is 77.5 cm³/mol. The maximum Gasteiger partial charge on any atom is 0.0314 e. The fourth-order valence-electron chi connectivity index (χ4n) is 4.19. The summed E-state index contributed by atoms with van der Waals surface area (Å²) in [6.07, 6.45) is 10.1. The van der Waals surface area contributed by atoms with Crippen molar-refractivity contribution in [2.75, 3.05) is 5.73 Å². The van der Waals surface area contributed by atoms with Gasteiger partial charge in [-0.05, 0) is 73.5 Å². The Morgan fingerprint density at radius 2 is 1.72 bits per heavy atom. The lowest BCUT2D eigenvalue weighted by atomic mass is 9.54. The average molecular weight is 243 g/mol. The third-order valence-electron chi connectivity index (χ3n) is 5.47. The zero-order valence-corrected chi connectivity index (χ0v) is 11.5. The van der Waals surface area contributed by atoms with Gasteiger partial charge in [0.2, 0.25) is 0 Å². The van der Waals surface area contributed by atoms with Gasteiger partial charge in [-0.3, -0.25) is 0 Å². The Bertz CT molecular complexity index is 390. The zero-order chi connectivity index (χ0) is 12.6. The second-order valence-electron chi connectivity index (χ2n) is 6.62. The van der Waals surface area contributed by atoms with E-state index in [0.29, 0.717) is 0 Å². The van der Waals surface area contributed by atoms with Crippen LogP contribution in [0.5, 0.6) is 0 Å². The molecule has 0 amide bonds. The molecule has 2 aliphatic carbocycles. The van der Waals surface area contributed by atoms with Crippen LogP contribution in [0.15, 0.2) is 24.3 Å². The van der Waals surface area contributed by atoms with Crippen molar-refractivity contribution in [1.82, 2.24) is 0 Å². The van der Waals surface area contributed by atoms with Crippen molar-refractivity contribution in [1.29, 1.82) is 0 Å². The lowest BCUT2D eigenvalue weighted by Crippen LogP contribution is -2.39. The normalized spacial score (nSPS) is 35.4. The van der Waals surface area contributed by atoms with Crippen molar-refractivity contribution in [2.45, 2.75) is 57.8 Å². The number of hydrogen-bond acceptors (Lipinski definition) is 1. The Kier molecular flexibility index (Phi) is 3.09. The molecule has 1 aromatic rings. The molecule has 0 radical (unpaired) electrons. The Balaban J connectivity index is 1.59. The molecule has 2 fully saturated rings. The molecule has 0 aromatic heterocycles. The van der Waals surface area contributed by atoms with E-state index in [-0.39, 0.29) is 0 Å². The van der Waals surface area contributed by atoms with Crippen molar-refractivity contribution in [2.24, 2.45) is 11.3 Å². The fourth-order valence-corrected chi connectivity index (χ4v) is 4.19. The van der Waals surface area contributed by atoms with Gasteiger partial charge in [-0.1, -0.05) is 25.5 Å². The topological polar surface area (TPSA) is 26.0 Å². The molecule has 18 heavy (non-hydrogen) atoms. The highest BCUT2D eigenvalue weighted by atomic mass is 14.5. The van der Waals surface area contributed by atoms with Gasteiger partial charge < -0.3 is 5.73 Å². The van der Waals surface area contributed by atoms with Gasteiger partial charge in [0.1, 0.15) is 0 Å². The minimum Gasteiger partial charge on any atom is -0.399 e. The van der Waals surface area contributed by atoms with Gasteiger partial charge in [-0.15, -0.1) is 0 Å². The molecule has 0 unspecified atom stereocenters. The van der Waals surface area contributed by atoms with Crippen molar-refractivity contribution >= 4 is 5.69 Å². The Labute approximate surface area is 111 Å². The van der Waals surface area contributed by atoms with Crippen LogP contribution >= 0.6 is 0 Å². The molecule has 1 aromatic carbocycles. The molecule has 2 aliphatic rings. The highest BCUT2D eigenvalue weighted by Gasteiger charge is 2.45. The van der Waals surface area contributed by atoms with E-state index in [9.17, 15) is 0 Å². The summed E-state index contributed by atoms with van der Waals surface area (Å²) in [5.74, 6) is 1.83. The molecule has 0 aliphatic heterocycles. The van der Waals surface area contributed by atoms with E-state index in [4.69, 9.17) is 5.73 Å². The van der Waals surface area contributed by atoms with E-state index in [1.807, 2.05) is 0 Å². The summed E-state index contributed by atoms with van der Waals surface area (Å²) in [6.45, 7) is 2.34. The molecule has 0 bridgehead atoms. The first-order valence-corrected chi connectivity index (χ1v) is 7.56. The minimum absolute atomic E-state index is 0.755. The monoisotopic (exact) mass is 243 g/mol. The van der Waals surface area contributed by atoms with E-state index in [0.717, 1.165) is 22.9 Å². The second-order valence-corrected chi connectivity index (χ2v) is 6.62. The molecule has 0 saturated heterocycles. The molecule has 0 atom stereocenters. The number of nitrogen functional groups attached to an aromatic ring is 1. The van der Waals surface area contributed by atoms with Crippen molar-refractivity contribution in [3.63, 3.8) is 0 Å². The summed E-state index contributed by atoms with van der Waals surface area (Å²) in [4.78, 5) is 0. The van der Waals surface area contributed by atoms with Crippen molar-refractivity contribution in [3.8, 4) is 0 Å². The predicted octanol–water partition coefficient (Wildman–Crippen LogP) is 4.73. The third-order valence-corrected chi connectivity index (χ3v) is 5.47. The first-order chi connectivity index (χ1) is 8.71. The van der Waals surface area contributed by atoms with Crippen LogP contribution in [-0.4, -0.2) is 0 Å². The van der Waals surface area contributed by atoms with Gasteiger partial charge in [-0.25, -0.2) is 0 Å². The molecule has 0 heterocycles. The molecule has 2 N–H and O–H groups in total. The third kappa shape index (κ3) is 2.15. The number of anilines is 1. The highest BCUT2D eigenvalue weighted by molar-refractivity contribution is 5.40. The second kappa shape index (κ2) is 4.60. The maximum atomic E-state index is 5.76. The van der Waals surface area contributed by atoms with E-state index in [1.165, 1.54) is 50.5 Å². The van der Waals surface area contributed by atoms with Crippen LogP contribution in [0.25, 0.3) is 0 Å². The maximum absolute atomic E-state index is 5.76. The summed E-state index contributed by atoms with van der Waals surface area (Å²) in [6, 6.07) is 8.56. The molecule has 1 spiro atoms. The van der Waals surface area contributed by atoms with Crippen molar-refractivity contribution < 1.29 is 0 Å². The Hall–Kier alpha value is -0.980. The van der Waals surface area contributed by atoms with Crippen molar-refractivity contribution in [3.05, 3.63) is 29.8 Å². The van der Waals surface area contributed by atoms with Crippen LogP contribution in [0.1, 0.15) is 63.4 Å². The smallest absolute Gasteiger partial charge is 0.0314 e. The Morgan fingerprint density at radius 3 is 2.28 bits per heavy atom. The number of hydrogen-bond donors (Lipinski definition) is 1. The molecular formula is C17H25N. The summed E-state index contributed by atoms with van der Waals surface area (Å²) in [7, 11) is 0. The SMILES string of the molecule is CCC1CC2(CCC(c3ccc(N)cc3)CC2)C1. The first-order valence-electron chi connectivity index (χ1n) is 7.56. The van der Waals surface area contributed by atoms with Crippen LogP contribution in [-0.2, 0) is 0 Å². The fraction of sp³-hybridized carbons (Fsp3) is 0.647. The molecular weight excluding hydrogens is 218 g/mol. The molecule has 1 nitrogen and oxygen atoms in total. The van der Waals surface area contributed by atoms with E-state index < -0.39 is 0 Å². The highest BCUT2D eigenvalue weighted by Crippen LogP contribution is 2.57. The van der Waals surface area contributed by atoms with Crippen LogP contribution in [0.4, 0.5) is 5.69 Å². The number of rotatable bonds is 2. The minimum atomic E-state index is 0.755. The van der Waals surface area contributed by atoms with E-state index in [2.05, 4.69) is 31.2 Å². The van der Waals surface area contributed by atoms with Gasteiger partial charge in [0.25, 0.3) is 0 Å². The molecule has 2 saturated carbocycles. The van der Waals surface area contributed by atoms with Gasteiger partial charge in [0.05, 0.1) is 0 Å². The van der Waals surface area contributed by atoms with Crippen LogP contribution in [0, 0.1) is 11.3 Å². The quantitative estimate of drug-likeness (QED) is 0.746. The summed E-state index contributed by atoms with van der Waals surface area (Å²) in [5, 5.41) is 0. The van der Waals surface area contributed by atoms with Crippen LogP contribution in [0.2, 0.25) is 0 Å². The standard InChI is InChI=1S/C17H25N/c1-2-13-11-17(12-13)9-7-15(8-10-17)14-3-5-16(18)6-4-14/h3-6,13,15H,2,7-12,18H2,1H3. The molecule has 1 heteroatoms. The van der Waals surface area contributed by atoms with Gasteiger partial charge in [0.15, 0.2) is 0 Å². The lowest BCUT2D eigenvalue weighted by Gasteiger charge is -2.52.